The number of sulfonamides is 1. The zero-order chi connectivity index (χ0) is 19.3. The molecule has 0 aromatic carbocycles. The molecule has 10 heteroatoms. The number of rotatable bonds is 7. The third kappa shape index (κ3) is 4.75. The molecule has 1 aromatic rings. The Morgan fingerprint density at radius 2 is 2.15 bits per heavy atom. The van der Waals surface area contributed by atoms with E-state index in [1.807, 2.05) is 0 Å². The van der Waals surface area contributed by atoms with Crippen LogP contribution in [0.2, 0.25) is 0 Å². The number of aromatic nitrogens is 1. The molecule has 1 atom stereocenters. The predicted octanol–water partition coefficient (Wildman–Crippen LogP) is 0.870. The van der Waals surface area contributed by atoms with Crippen molar-refractivity contribution in [3.05, 3.63) is 17.8 Å². The van der Waals surface area contributed by atoms with Crippen LogP contribution < -0.4 is 5.32 Å². The number of methoxy groups -OCH3 is 1. The van der Waals surface area contributed by atoms with Gasteiger partial charge in [-0.2, -0.15) is 4.31 Å². The van der Waals surface area contributed by atoms with Gasteiger partial charge in [-0.05, 0) is 25.3 Å². The van der Waals surface area contributed by atoms with Crippen molar-refractivity contribution < 1.29 is 27.4 Å². The summed E-state index contributed by atoms with van der Waals surface area (Å²) in [6.45, 7) is 2.50. The lowest BCUT2D eigenvalue weighted by atomic mass is 10.2. The summed E-state index contributed by atoms with van der Waals surface area (Å²) in [6, 6.07) is 1.32. The largest absolute Gasteiger partial charge is 0.465 e. The molecule has 0 bridgehead atoms. The van der Waals surface area contributed by atoms with Crippen LogP contribution in [0.4, 0.5) is 5.82 Å². The first kappa shape index (κ1) is 20.0. The molecule has 0 saturated carbocycles. The summed E-state index contributed by atoms with van der Waals surface area (Å²) in [6.07, 6.45) is 4.32. The van der Waals surface area contributed by atoms with Crippen molar-refractivity contribution >= 4 is 21.8 Å². The highest BCUT2D eigenvalue weighted by molar-refractivity contribution is 7.89. The minimum atomic E-state index is -3.82. The van der Waals surface area contributed by atoms with Gasteiger partial charge in [-0.3, -0.25) is 0 Å². The zero-order valence-corrected chi connectivity index (χ0v) is 16.2. The fourth-order valence-corrected chi connectivity index (χ4v) is 4.71. The van der Waals surface area contributed by atoms with Gasteiger partial charge in [0.2, 0.25) is 10.0 Å². The van der Waals surface area contributed by atoms with Crippen molar-refractivity contribution in [3.8, 4) is 0 Å². The van der Waals surface area contributed by atoms with Gasteiger partial charge in [-0.25, -0.2) is 18.2 Å². The smallest absolute Gasteiger partial charge is 0.339 e. The van der Waals surface area contributed by atoms with Gasteiger partial charge in [0.25, 0.3) is 0 Å². The molecule has 0 aliphatic carbocycles. The highest BCUT2D eigenvalue weighted by atomic mass is 32.2. The molecule has 1 aromatic heterocycles. The number of hydrogen-bond donors (Lipinski definition) is 1. The number of hydrogen-bond acceptors (Lipinski definition) is 8. The van der Waals surface area contributed by atoms with Crippen LogP contribution in [0.5, 0.6) is 0 Å². The summed E-state index contributed by atoms with van der Waals surface area (Å²) in [7, 11) is -2.57. The van der Waals surface area contributed by atoms with Gasteiger partial charge in [0.05, 0.1) is 32.0 Å². The van der Waals surface area contributed by atoms with Gasteiger partial charge in [0.1, 0.15) is 10.7 Å². The topological polar surface area (TPSA) is 107 Å². The third-order valence-electron chi connectivity index (χ3n) is 4.64. The van der Waals surface area contributed by atoms with E-state index in [1.165, 1.54) is 23.7 Å². The Hall–Kier alpha value is -1.75. The van der Waals surface area contributed by atoms with Crippen LogP contribution in [0.1, 0.15) is 29.6 Å². The van der Waals surface area contributed by atoms with Crippen molar-refractivity contribution in [3.63, 3.8) is 0 Å². The van der Waals surface area contributed by atoms with E-state index >= 15 is 0 Å². The van der Waals surface area contributed by atoms with Crippen LogP contribution in [-0.4, -0.2) is 76.3 Å². The number of ether oxygens (including phenoxy) is 3. The minimum absolute atomic E-state index is 0.0281. The van der Waals surface area contributed by atoms with Crippen molar-refractivity contribution in [1.82, 2.24) is 9.29 Å². The SMILES string of the molecule is COC(=O)c1cnc(NCC[C@H]2CCCO2)c(S(=O)(=O)N2CCOCC2)c1. The van der Waals surface area contributed by atoms with Crippen LogP contribution in [0, 0.1) is 0 Å². The second-order valence-corrected chi connectivity index (χ2v) is 8.34. The Morgan fingerprint density at radius 1 is 1.37 bits per heavy atom. The molecular weight excluding hydrogens is 374 g/mol. The van der Waals surface area contributed by atoms with Crippen molar-refractivity contribution in [2.75, 3.05) is 51.9 Å². The number of nitrogens with one attached hydrogen (secondary N) is 1. The Labute approximate surface area is 159 Å². The first-order chi connectivity index (χ1) is 13.0. The van der Waals surface area contributed by atoms with Gasteiger partial charge in [0.15, 0.2) is 0 Å². The average molecular weight is 399 g/mol. The molecule has 0 radical (unpaired) electrons. The van der Waals surface area contributed by atoms with E-state index < -0.39 is 16.0 Å². The van der Waals surface area contributed by atoms with Gasteiger partial charge in [-0.1, -0.05) is 0 Å². The lowest BCUT2D eigenvalue weighted by Gasteiger charge is -2.27. The van der Waals surface area contributed by atoms with Crippen LogP contribution in [0.25, 0.3) is 0 Å². The highest BCUT2D eigenvalue weighted by Gasteiger charge is 2.30. The number of anilines is 1. The Kier molecular flexibility index (Phi) is 6.64. The van der Waals surface area contributed by atoms with Crippen LogP contribution >= 0.6 is 0 Å². The van der Waals surface area contributed by atoms with Gasteiger partial charge >= 0.3 is 5.97 Å². The molecule has 0 spiro atoms. The van der Waals surface area contributed by atoms with E-state index in [0.717, 1.165) is 25.9 Å². The number of esters is 1. The Bertz CT molecular complexity index is 758. The molecule has 2 fully saturated rings. The summed E-state index contributed by atoms with van der Waals surface area (Å²) >= 11 is 0. The third-order valence-corrected chi connectivity index (χ3v) is 6.56. The molecule has 2 aliphatic rings. The molecule has 1 N–H and O–H groups in total. The minimum Gasteiger partial charge on any atom is -0.465 e. The van der Waals surface area contributed by atoms with Gasteiger partial charge < -0.3 is 19.5 Å². The molecule has 27 heavy (non-hydrogen) atoms. The highest BCUT2D eigenvalue weighted by Crippen LogP contribution is 2.25. The first-order valence-electron chi connectivity index (χ1n) is 9.04. The summed E-state index contributed by atoms with van der Waals surface area (Å²) in [5, 5.41) is 3.09. The maximum absolute atomic E-state index is 13.1. The van der Waals surface area contributed by atoms with E-state index in [0.29, 0.717) is 19.8 Å². The molecular formula is C17H25N3O6S. The molecule has 0 unspecified atom stereocenters. The fraction of sp³-hybridized carbons (Fsp3) is 0.647. The van der Waals surface area contributed by atoms with Crippen LogP contribution in [0.15, 0.2) is 17.2 Å². The maximum atomic E-state index is 13.1. The Morgan fingerprint density at radius 3 is 2.81 bits per heavy atom. The van der Waals surface area contributed by atoms with Crippen molar-refractivity contribution in [2.45, 2.75) is 30.3 Å². The first-order valence-corrected chi connectivity index (χ1v) is 10.5. The molecule has 150 valence electrons. The molecule has 3 heterocycles. The number of pyridine rings is 1. The summed E-state index contributed by atoms with van der Waals surface area (Å²) in [5.41, 5.74) is 0.0917. The maximum Gasteiger partial charge on any atom is 0.339 e. The van der Waals surface area contributed by atoms with Crippen LogP contribution in [0.3, 0.4) is 0 Å². The normalized spacial score (nSPS) is 21.1. The summed E-state index contributed by atoms with van der Waals surface area (Å²) in [5.74, 6) is -0.404. The molecule has 2 saturated heterocycles. The number of morpholine rings is 1. The van der Waals surface area contributed by atoms with E-state index in [9.17, 15) is 13.2 Å². The van der Waals surface area contributed by atoms with E-state index in [1.54, 1.807) is 0 Å². The lowest BCUT2D eigenvalue weighted by molar-refractivity contribution is 0.0600. The summed E-state index contributed by atoms with van der Waals surface area (Å²) < 4.78 is 43.1. The zero-order valence-electron chi connectivity index (χ0n) is 15.3. The van der Waals surface area contributed by atoms with Crippen LogP contribution in [-0.2, 0) is 24.2 Å². The molecule has 9 nitrogen and oxygen atoms in total. The number of carbonyl (C=O) groups excluding carboxylic acids is 1. The van der Waals surface area contributed by atoms with Crippen molar-refractivity contribution in [1.29, 1.82) is 0 Å². The van der Waals surface area contributed by atoms with E-state index in [2.05, 4.69) is 10.3 Å². The quantitative estimate of drug-likeness (QED) is 0.673. The average Bonchev–Trinajstić information content (AvgIpc) is 3.21. The summed E-state index contributed by atoms with van der Waals surface area (Å²) in [4.78, 5) is 16.0. The predicted molar refractivity (Wildman–Crippen MR) is 97.2 cm³/mol. The Balaban J connectivity index is 1.83. The number of nitrogens with zero attached hydrogens (tertiary/aromatic N) is 2. The lowest BCUT2D eigenvalue weighted by Crippen LogP contribution is -2.41. The fourth-order valence-electron chi connectivity index (χ4n) is 3.15. The standard InChI is InChI=1S/C17H25N3O6S/c1-24-17(21)13-11-15(27(22,23)20-6-9-25-10-7-20)16(19-12-13)18-5-4-14-3-2-8-26-14/h11-12,14H,2-10H2,1H3,(H,18,19)/t14-/m1/s1. The molecule has 0 amide bonds. The second-order valence-electron chi connectivity index (χ2n) is 6.43. The molecule has 2 aliphatic heterocycles. The van der Waals surface area contributed by atoms with E-state index in [-0.39, 0.29) is 35.5 Å². The monoisotopic (exact) mass is 399 g/mol. The van der Waals surface area contributed by atoms with Gasteiger partial charge in [0, 0.05) is 32.4 Å². The van der Waals surface area contributed by atoms with E-state index in [4.69, 9.17) is 14.2 Å². The molecule has 3 rings (SSSR count). The van der Waals surface area contributed by atoms with Crippen molar-refractivity contribution in [2.24, 2.45) is 0 Å². The second kappa shape index (κ2) is 8.96. The number of carbonyl (C=O) groups is 1. The van der Waals surface area contributed by atoms with Gasteiger partial charge in [-0.15, -0.1) is 0 Å².